The van der Waals surface area contributed by atoms with Gasteiger partial charge in [-0.1, -0.05) is 23.8 Å². The Morgan fingerprint density at radius 1 is 1.39 bits per heavy atom. The average molecular weight is 262 g/mol. The van der Waals surface area contributed by atoms with E-state index in [4.69, 9.17) is 10.8 Å². The second-order valence-corrected chi connectivity index (χ2v) is 5.53. The van der Waals surface area contributed by atoms with Gasteiger partial charge in [0.05, 0.1) is 17.3 Å². The number of aliphatic hydroxyl groups excluding tert-OH is 1. The van der Waals surface area contributed by atoms with Crippen LogP contribution >= 0.6 is 11.3 Å². The van der Waals surface area contributed by atoms with E-state index in [1.165, 1.54) is 16.7 Å². The summed E-state index contributed by atoms with van der Waals surface area (Å²) in [7, 11) is 0. The Kier molecular flexibility index (Phi) is 4.11. The molecule has 0 fully saturated rings. The standard InChI is InChI=1S/C14H18N2OS/c1-9-3-4-12(10(2)5-9)13-8-18-14(16-13)6-11(15)7-17/h3-5,8,11,17H,6-7,15H2,1-2H3. The van der Waals surface area contributed by atoms with Crippen LogP contribution < -0.4 is 5.73 Å². The highest BCUT2D eigenvalue weighted by Crippen LogP contribution is 2.26. The van der Waals surface area contributed by atoms with Gasteiger partial charge < -0.3 is 10.8 Å². The molecule has 0 aliphatic heterocycles. The van der Waals surface area contributed by atoms with Crippen molar-refractivity contribution in [2.24, 2.45) is 5.73 Å². The molecule has 0 bridgehead atoms. The topological polar surface area (TPSA) is 59.1 Å². The molecule has 2 rings (SSSR count). The molecule has 3 nitrogen and oxygen atoms in total. The molecule has 2 aromatic rings. The van der Waals surface area contributed by atoms with Gasteiger partial charge in [0.15, 0.2) is 0 Å². The maximum atomic E-state index is 8.95. The first kappa shape index (κ1) is 13.2. The van der Waals surface area contributed by atoms with Crippen LogP contribution in [-0.2, 0) is 6.42 Å². The first-order valence-electron chi connectivity index (χ1n) is 5.98. The highest BCUT2D eigenvalue weighted by molar-refractivity contribution is 7.09. The molecule has 0 saturated heterocycles. The summed E-state index contributed by atoms with van der Waals surface area (Å²) in [5.41, 5.74) is 10.4. The number of aliphatic hydroxyl groups is 1. The number of nitrogens with two attached hydrogens (primary N) is 1. The van der Waals surface area contributed by atoms with Crippen molar-refractivity contribution in [1.82, 2.24) is 4.98 Å². The lowest BCUT2D eigenvalue weighted by Gasteiger charge is -2.05. The Morgan fingerprint density at radius 2 is 2.17 bits per heavy atom. The Labute approximate surface area is 111 Å². The number of aryl methyl sites for hydroxylation is 2. The number of benzene rings is 1. The van der Waals surface area contributed by atoms with Crippen LogP contribution in [0.5, 0.6) is 0 Å². The van der Waals surface area contributed by atoms with Crippen LogP contribution in [0.4, 0.5) is 0 Å². The summed E-state index contributed by atoms with van der Waals surface area (Å²) in [4.78, 5) is 4.59. The second kappa shape index (κ2) is 5.61. The third-order valence-electron chi connectivity index (χ3n) is 2.88. The first-order valence-corrected chi connectivity index (χ1v) is 6.86. The molecule has 1 heterocycles. The molecule has 1 unspecified atom stereocenters. The molecule has 1 aromatic heterocycles. The van der Waals surface area contributed by atoms with Gasteiger partial charge in [0.2, 0.25) is 0 Å². The fraction of sp³-hybridized carbons (Fsp3) is 0.357. The average Bonchev–Trinajstić information content (AvgIpc) is 2.77. The van der Waals surface area contributed by atoms with Gasteiger partial charge in [0.1, 0.15) is 0 Å². The van der Waals surface area contributed by atoms with Gasteiger partial charge in [-0.25, -0.2) is 4.98 Å². The molecule has 0 spiro atoms. The maximum Gasteiger partial charge on any atom is 0.0948 e. The fourth-order valence-corrected chi connectivity index (χ4v) is 2.81. The highest BCUT2D eigenvalue weighted by Gasteiger charge is 2.09. The van der Waals surface area contributed by atoms with Crippen molar-refractivity contribution in [3.05, 3.63) is 39.7 Å². The minimum Gasteiger partial charge on any atom is -0.395 e. The van der Waals surface area contributed by atoms with E-state index in [-0.39, 0.29) is 12.6 Å². The highest BCUT2D eigenvalue weighted by atomic mass is 32.1. The van der Waals surface area contributed by atoms with Crippen LogP contribution in [0, 0.1) is 13.8 Å². The zero-order chi connectivity index (χ0) is 13.1. The Morgan fingerprint density at radius 3 is 2.83 bits per heavy atom. The lowest BCUT2D eigenvalue weighted by atomic mass is 10.0. The van der Waals surface area contributed by atoms with Crippen molar-refractivity contribution in [3.63, 3.8) is 0 Å². The fourth-order valence-electron chi connectivity index (χ4n) is 1.92. The van der Waals surface area contributed by atoms with E-state index in [0.29, 0.717) is 6.42 Å². The summed E-state index contributed by atoms with van der Waals surface area (Å²) < 4.78 is 0. The smallest absolute Gasteiger partial charge is 0.0948 e. The van der Waals surface area contributed by atoms with Crippen LogP contribution in [0.2, 0.25) is 0 Å². The second-order valence-electron chi connectivity index (χ2n) is 4.59. The van der Waals surface area contributed by atoms with Gasteiger partial charge in [0, 0.05) is 23.4 Å². The SMILES string of the molecule is Cc1ccc(-c2csc(CC(N)CO)n2)c(C)c1. The molecular weight excluding hydrogens is 244 g/mol. The van der Waals surface area contributed by atoms with Crippen molar-refractivity contribution in [2.75, 3.05) is 6.61 Å². The zero-order valence-electron chi connectivity index (χ0n) is 10.7. The number of hydrogen-bond acceptors (Lipinski definition) is 4. The Balaban J connectivity index is 2.24. The predicted molar refractivity (Wildman–Crippen MR) is 75.8 cm³/mol. The molecule has 0 aliphatic rings. The van der Waals surface area contributed by atoms with Crippen molar-refractivity contribution < 1.29 is 5.11 Å². The molecule has 0 radical (unpaired) electrons. The van der Waals surface area contributed by atoms with Gasteiger partial charge in [-0.2, -0.15) is 0 Å². The van der Waals surface area contributed by atoms with Crippen molar-refractivity contribution in [3.8, 4) is 11.3 Å². The summed E-state index contributed by atoms with van der Waals surface area (Å²) in [6, 6.07) is 6.15. The number of rotatable bonds is 4. The Bertz CT molecular complexity index is 536. The van der Waals surface area contributed by atoms with E-state index in [1.807, 2.05) is 0 Å². The van der Waals surface area contributed by atoms with Gasteiger partial charge in [0.25, 0.3) is 0 Å². The predicted octanol–water partition coefficient (Wildman–Crippen LogP) is 2.29. The van der Waals surface area contributed by atoms with Crippen molar-refractivity contribution >= 4 is 11.3 Å². The van der Waals surface area contributed by atoms with Crippen LogP contribution in [0.25, 0.3) is 11.3 Å². The van der Waals surface area contributed by atoms with Crippen LogP contribution in [0.15, 0.2) is 23.6 Å². The summed E-state index contributed by atoms with van der Waals surface area (Å²) in [6.07, 6.45) is 0.631. The monoisotopic (exact) mass is 262 g/mol. The van der Waals surface area contributed by atoms with Gasteiger partial charge in [-0.05, 0) is 19.4 Å². The number of aromatic nitrogens is 1. The minimum absolute atomic E-state index is 0.00152. The molecule has 0 amide bonds. The lowest BCUT2D eigenvalue weighted by Crippen LogP contribution is -2.26. The summed E-state index contributed by atoms with van der Waals surface area (Å²) in [6.45, 7) is 4.18. The van der Waals surface area contributed by atoms with E-state index >= 15 is 0 Å². The van der Waals surface area contributed by atoms with Gasteiger partial charge in [-0.3, -0.25) is 0 Å². The minimum atomic E-state index is -0.219. The third-order valence-corrected chi connectivity index (χ3v) is 3.75. The first-order chi connectivity index (χ1) is 8.60. The van der Waals surface area contributed by atoms with Crippen LogP contribution in [0.3, 0.4) is 0 Å². The summed E-state index contributed by atoms with van der Waals surface area (Å²) >= 11 is 1.60. The molecule has 1 atom stereocenters. The number of thiazole rings is 1. The number of nitrogens with zero attached hydrogens (tertiary/aromatic N) is 1. The van der Waals surface area contributed by atoms with Crippen molar-refractivity contribution in [2.45, 2.75) is 26.3 Å². The van der Waals surface area contributed by atoms with Crippen LogP contribution in [0.1, 0.15) is 16.1 Å². The molecule has 4 heteroatoms. The quantitative estimate of drug-likeness (QED) is 0.888. The van der Waals surface area contributed by atoms with Crippen LogP contribution in [-0.4, -0.2) is 22.7 Å². The molecule has 0 aliphatic carbocycles. The zero-order valence-corrected chi connectivity index (χ0v) is 11.5. The number of hydrogen-bond donors (Lipinski definition) is 2. The molecule has 3 N–H and O–H groups in total. The molecule has 0 saturated carbocycles. The summed E-state index contributed by atoms with van der Waals surface area (Å²) in [5, 5.41) is 12.0. The third kappa shape index (κ3) is 2.96. The molecule has 96 valence electrons. The molecule has 18 heavy (non-hydrogen) atoms. The van der Waals surface area contributed by atoms with E-state index in [1.54, 1.807) is 11.3 Å². The molecule has 1 aromatic carbocycles. The van der Waals surface area contributed by atoms with E-state index in [0.717, 1.165) is 10.7 Å². The van der Waals surface area contributed by atoms with E-state index in [2.05, 4.69) is 42.4 Å². The summed E-state index contributed by atoms with van der Waals surface area (Å²) in [5.74, 6) is 0. The lowest BCUT2D eigenvalue weighted by molar-refractivity contribution is 0.265. The van der Waals surface area contributed by atoms with Gasteiger partial charge >= 0.3 is 0 Å². The van der Waals surface area contributed by atoms with Gasteiger partial charge in [-0.15, -0.1) is 11.3 Å². The van der Waals surface area contributed by atoms with Crippen molar-refractivity contribution in [1.29, 1.82) is 0 Å². The van der Waals surface area contributed by atoms with E-state index in [9.17, 15) is 0 Å². The largest absolute Gasteiger partial charge is 0.395 e. The maximum absolute atomic E-state index is 8.95. The molecular formula is C14H18N2OS. The normalized spacial score (nSPS) is 12.7. The Hall–Kier alpha value is -1.23. The van der Waals surface area contributed by atoms with E-state index < -0.39 is 0 Å².